The number of aryl methyl sites for hydroxylation is 2. The molecule has 0 bridgehead atoms. The monoisotopic (exact) mass is 260 g/mol. The molecule has 0 fully saturated rings. The average molecular weight is 260 g/mol. The summed E-state index contributed by atoms with van der Waals surface area (Å²) in [6.07, 6.45) is 1.01. The van der Waals surface area contributed by atoms with Crippen molar-refractivity contribution in [1.29, 1.82) is 0 Å². The SMILES string of the molecule is Cc1nc(-c2ccccc2C)c(C(C)CCN)s1. The number of thiazole rings is 1. The van der Waals surface area contributed by atoms with E-state index >= 15 is 0 Å². The maximum absolute atomic E-state index is 5.68. The summed E-state index contributed by atoms with van der Waals surface area (Å²) in [6.45, 7) is 7.18. The Morgan fingerprint density at radius 3 is 2.67 bits per heavy atom. The highest BCUT2D eigenvalue weighted by Gasteiger charge is 2.17. The number of nitrogens with zero attached hydrogens (tertiary/aromatic N) is 1. The zero-order valence-corrected chi connectivity index (χ0v) is 12.1. The number of aromatic nitrogens is 1. The van der Waals surface area contributed by atoms with Crippen LogP contribution in [0.3, 0.4) is 0 Å². The molecule has 0 saturated heterocycles. The lowest BCUT2D eigenvalue weighted by Crippen LogP contribution is -2.04. The van der Waals surface area contributed by atoms with Gasteiger partial charge in [-0.1, -0.05) is 31.2 Å². The van der Waals surface area contributed by atoms with Gasteiger partial charge in [-0.2, -0.15) is 0 Å². The maximum atomic E-state index is 5.68. The molecule has 2 aromatic rings. The topological polar surface area (TPSA) is 38.9 Å². The number of benzene rings is 1. The van der Waals surface area contributed by atoms with Crippen molar-refractivity contribution in [3.05, 3.63) is 39.7 Å². The van der Waals surface area contributed by atoms with Gasteiger partial charge in [0.25, 0.3) is 0 Å². The molecular weight excluding hydrogens is 240 g/mol. The summed E-state index contributed by atoms with van der Waals surface area (Å²) in [6, 6.07) is 8.44. The number of hydrogen-bond donors (Lipinski definition) is 1. The smallest absolute Gasteiger partial charge is 0.0904 e. The molecule has 96 valence electrons. The van der Waals surface area contributed by atoms with Crippen molar-refractivity contribution >= 4 is 11.3 Å². The molecule has 0 aliphatic rings. The summed E-state index contributed by atoms with van der Waals surface area (Å²) in [5.74, 6) is 0.482. The van der Waals surface area contributed by atoms with Gasteiger partial charge in [-0.25, -0.2) is 4.98 Å². The Balaban J connectivity index is 2.48. The third-order valence-corrected chi connectivity index (χ3v) is 4.41. The van der Waals surface area contributed by atoms with Gasteiger partial charge in [-0.05, 0) is 38.3 Å². The van der Waals surface area contributed by atoms with E-state index in [1.807, 2.05) is 0 Å². The number of nitrogens with two attached hydrogens (primary N) is 1. The molecule has 0 aliphatic heterocycles. The first-order chi connectivity index (χ1) is 8.63. The lowest BCUT2D eigenvalue weighted by molar-refractivity contribution is 0.701. The van der Waals surface area contributed by atoms with E-state index in [1.54, 1.807) is 11.3 Å². The summed E-state index contributed by atoms with van der Waals surface area (Å²) in [4.78, 5) is 6.09. The third-order valence-electron chi connectivity index (χ3n) is 3.21. The minimum absolute atomic E-state index is 0.482. The molecule has 0 spiro atoms. The Morgan fingerprint density at radius 2 is 2.00 bits per heavy atom. The highest BCUT2D eigenvalue weighted by molar-refractivity contribution is 7.12. The Bertz CT molecular complexity index is 531. The first kappa shape index (κ1) is 13.2. The van der Waals surface area contributed by atoms with Crippen molar-refractivity contribution in [2.75, 3.05) is 6.54 Å². The quantitative estimate of drug-likeness (QED) is 0.906. The largest absolute Gasteiger partial charge is 0.330 e. The standard InChI is InChI=1S/C15H20N2S/c1-10-6-4-5-7-13(10)14-15(11(2)8-9-16)18-12(3)17-14/h4-7,11H,8-9,16H2,1-3H3. The van der Waals surface area contributed by atoms with Crippen LogP contribution in [0.1, 0.15) is 34.7 Å². The normalized spacial score (nSPS) is 12.7. The zero-order chi connectivity index (χ0) is 13.1. The van der Waals surface area contributed by atoms with Gasteiger partial charge in [-0.15, -0.1) is 11.3 Å². The fourth-order valence-corrected chi connectivity index (χ4v) is 3.22. The predicted octanol–water partition coefficient (Wildman–Crippen LogP) is 3.88. The second kappa shape index (κ2) is 5.63. The van der Waals surface area contributed by atoms with Crippen molar-refractivity contribution < 1.29 is 0 Å². The minimum Gasteiger partial charge on any atom is -0.330 e. The van der Waals surface area contributed by atoms with Gasteiger partial charge < -0.3 is 5.73 Å². The molecule has 2 N–H and O–H groups in total. The van der Waals surface area contributed by atoms with Gasteiger partial charge in [0.2, 0.25) is 0 Å². The van der Waals surface area contributed by atoms with Gasteiger partial charge in [-0.3, -0.25) is 0 Å². The van der Waals surface area contributed by atoms with E-state index in [1.165, 1.54) is 16.0 Å². The molecule has 2 nitrogen and oxygen atoms in total. The van der Waals surface area contributed by atoms with Crippen molar-refractivity contribution in [2.45, 2.75) is 33.1 Å². The molecule has 1 heterocycles. The lowest BCUT2D eigenvalue weighted by atomic mass is 9.98. The van der Waals surface area contributed by atoms with E-state index in [0.717, 1.165) is 23.7 Å². The molecule has 0 radical (unpaired) electrons. The Labute approximate surface area is 113 Å². The molecule has 1 unspecified atom stereocenters. The first-order valence-electron chi connectivity index (χ1n) is 6.37. The summed E-state index contributed by atoms with van der Waals surface area (Å²) in [5.41, 5.74) is 9.36. The molecule has 1 aromatic heterocycles. The highest BCUT2D eigenvalue weighted by atomic mass is 32.1. The second-order valence-corrected chi connectivity index (χ2v) is 5.97. The van der Waals surface area contributed by atoms with Crippen molar-refractivity contribution in [2.24, 2.45) is 5.73 Å². The van der Waals surface area contributed by atoms with Crippen LogP contribution < -0.4 is 5.73 Å². The van der Waals surface area contributed by atoms with E-state index in [9.17, 15) is 0 Å². The fourth-order valence-electron chi connectivity index (χ4n) is 2.19. The van der Waals surface area contributed by atoms with Crippen LogP contribution in [0.4, 0.5) is 0 Å². The van der Waals surface area contributed by atoms with Crippen molar-refractivity contribution in [1.82, 2.24) is 4.98 Å². The van der Waals surface area contributed by atoms with Crippen LogP contribution in [0.25, 0.3) is 11.3 Å². The molecule has 1 atom stereocenters. The molecule has 18 heavy (non-hydrogen) atoms. The van der Waals surface area contributed by atoms with Crippen LogP contribution in [0.15, 0.2) is 24.3 Å². The molecule has 2 rings (SSSR count). The lowest BCUT2D eigenvalue weighted by Gasteiger charge is -2.11. The van der Waals surface area contributed by atoms with Crippen molar-refractivity contribution in [3.63, 3.8) is 0 Å². The molecular formula is C15H20N2S. The predicted molar refractivity (Wildman–Crippen MR) is 79.1 cm³/mol. The summed E-state index contributed by atoms with van der Waals surface area (Å²) in [5, 5.41) is 1.13. The van der Waals surface area contributed by atoms with Crippen LogP contribution in [0, 0.1) is 13.8 Å². The number of hydrogen-bond acceptors (Lipinski definition) is 3. The Morgan fingerprint density at radius 1 is 1.28 bits per heavy atom. The molecule has 1 aromatic carbocycles. The molecule has 0 amide bonds. The Kier molecular flexibility index (Phi) is 4.15. The van der Waals surface area contributed by atoms with Crippen LogP contribution >= 0.6 is 11.3 Å². The minimum atomic E-state index is 0.482. The van der Waals surface area contributed by atoms with E-state index in [-0.39, 0.29) is 0 Å². The van der Waals surface area contributed by atoms with Crippen LogP contribution in [-0.2, 0) is 0 Å². The van der Waals surface area contributed by atoms with Gasteiger partial charge in [0.05, 0.1) is 10.7 Å². The zero-order valence-electron chi connectivity index (χ0n) is 11.2. The van der Waals surface area contributed by atoms with E-state index in [4.69, 9.17) is 10.7 Å². The molecule has 0 aliphatic carbocycles. The maximum Gasteiger partial charge on any atom is 0.0904 e. The molecule has 0 saturated carbocycles. The molecule has 3 heteroatoms. The van der Waals surface area contributed by atoms with E-state index < -0.39 is 0 Å². The second-order valence-electron chi connectivity index (χ2n) is 4.74. The first-order valence-corrected chi connectivity index (χ1v) is 7.18. The van der Waals surface area contributed by atoms with Gasteiger partial charge in [0, 0.05) is 10.4 Å². The van der Waals surface area contributed by atoms with Crippen molar-refractivity contribution in [3.8, 4) is 11.3 Å². The highest BCUT2D eigenvalue weighted by Crippen LogP contribution is 2.36. The van der Waals surface area contributed by atoms with Gasteiger partial charge in [0.15, 0.2) is 0 Å². The average Bonchev–Trinajstić information content (AvgIpc) is 2.72. The Hall–Kier alpha value is -1.19. The van der Waals surface area contributed by atoms with E-state index in [0.29, 0.717) is 5.92 Å². The van der Waals surface area contributed by atoms with Crippen LogP contribution in [0.5, 0.6) is 0 Å². The summed E-state index contributed by atoms with van der Waals surface area (Å²) in [7, 11) is 0. The van der Waals surface area contributed by atoms with E-state index in [2.05, 4.69) is 45.0 Å². The van der Waals surface area contributed by atoms with Crippen LogP contribution in [0.2, 0.25) is 0 Å². The van der Waals surface area contributed by atoms with Gasteiger partial charge >= 0.3 is 0 Å². The van der Waals surface area contributed by atoms with Crippen LogP contribution in [-0.4, -0.2) is 11.5 Å². The number of rotatable bonds is 4. The fraction of sp³-hybridized carbons (Fsp3) is 0.400. The van der Waals surface area contributed by atoms with Gasteiger partial charge in [0.1, 0.15) is 0 Å². The third kappa shape index (κ3) is 2.62. The summed E-state index contributed by atoms with van der Waals surface area (Å²) < 4.78 is 0. The summed E-state index contributed by atoms with van der Waals surface area (Å²) >= 11 is 1.80.